The van der Waals surface area contributed by atoms with Crippen molar-refractivity contribution in [2.45, 2.75) is 26.8 Å². The molecule has 29 heavy (non-hydrogen) atoms. The zero-order valence-corrected chi connectivity index (χ0v) is 17.4. The van der Waals surface area contributed by atoms with E-state index in [-0.39, 0.29) is 16.7 Å². The van der Waals surface area contributed by atoms with E-state index >= 15 is 0 Å². The lowest BCUT2D eigenvalue weighted by Crippen LogP contribution is -2.12. The van der Waals surface area contributed by atoms with E-state index in [1.807, 2.05) is 26.0 Å². The fourth-order valence-corrected chi connectivity index (χ4v) is 3.58. The number of nitrogens with one attached hydrogen (secondary N) is 2. The van der Waals surface area contributed by atoms with Crippen molar-refractivity contribution in [3.8, 4) is 5.75 Å². The number of halogens is 3. The molecule has 0 aliphatic rings. The molecule has 0 unspecified atom stereocenters. The van der Waals surface area contributed by atoms with Crippen LogP contribution in [0.4, 0.5) is 25.4 Å². The number of carbonyl (C=O) groups excluding carboxylic acids is 1. The molecule has 0 atom stereocenters. The summed E-state index contributed by atoms with van der Waals surface area (Å²) in [7, 11) is 1.57. The zero-order chi connectivity index (χ0) is 21.1. The van der Waals surface area contributed by atoms with Gasteiger partial charge < -0.3 is 15.4 Å². The number of methoxy groups -OCH3 is 1. The standard InChI is InChI=1S/C18H18ClF2N5O2S/c1-9-4-5-12(28-3)10(2)15(9)23-17(27)13-6-22-18(29-13)24-16-11(19)7-26(25-16)8-14(20)21/h4-7,14H,8H2,1-3H3,(H,23,27)(H,22,24,25). The Bertz CT molecular complexity index is 1040. The molecular formula is C18H18ClF2N5O2S. The molecule has 1 aromatic carbocycles. The van der Waals surface area contributed by atoms with Crippen molar-refractivity contribution < 1.29 is 18.3 Å². The Kier molecular flexibility index (Phi) is 6.33. The topological polar surface area (TPSA) is 81.1 Å². The lowest BCUT2D eigenvalue weighted by molar-refractivity contribution is 0.103. The van der Waals surface area contributed by atoms with Gasteiger partial charge in [-0.3, -0.25) is 9.48 Å². The Morgan fingerprint density at radius 3 is 2.83 bits per heavy atom. The van der Waals surface area contributed by atoms with Crippen LogP contribution in [0.3, 0.4) is 0 Å². The van der Waals surface area contributed by atoms with E-state index in [2.05, 4.69) is 20.7 Å². The molecule has 0 aliphatic carbocycles. The van der Waals surface area contributed by atoms with Gasteiger partial charge in [0, 0.05) is 11.8 Å². The second-order valence-corrected chi connectivity index (χ2v) is 7.57. The second kappa shape index (κ2) is 8.75. The number of benzene rings is 1. The van der Waals surface area contributed by atoms with Crippen LogP contribution in [0.5, 0.6) is 5.75 Å². The van der Waals surface area contributed by atoms with Crippen LogP contribution in [-0.4, -0.2) is 34.2 Å². The van der Waals surface area contributed by atoms with E-state index < -0.39 is 13.0 Å². The molecule has 11 heteroatoms. The minimum absolute atomic E-state index is 0.175. The SMILES string of the molecule is COc1ccc(C)c(NC(=O)c2cnc(Nc3nn(CC(F)F)cc3Cl)s2)c1C. The smallest absolute Gasteiger partial charge is 0.267 e. The number of hydrogen-bond acceptors (Lipinski definition) is 6. The van der Waals surface area contributed by atoms with E-state index in [1.165, 1.54) is 12.4 Å². The van der Waals surface area contributed by atoms with Gasteiger partial charge in [-0.25, -0.2) is 13.8 Å². The molecule has 1 amide bonds. The summed E-state index contributed by atoms with van der Waals surface area (Å²) in [5.74, 6) is 0.532. The van der Waals surface area contributed by atoms with Crippen molar-refractivity contribution in [2.24, 2.45) is 0 Å². The third-order valence-electron chi connectivity index (χ3n) is 4.08. The largest absolute Gasteiger partial charge is 0.496 e. The first kappa shape index (κ1) is 21.0. The average Bonchev–Trinajstić information content (AvgIpc) is 3.25. The van der Waals surface area contributed by atoms with Crippen LogP contribution in [0, 0.1) is 13.8 Å². The maximum atomic E-state index is 12.6. The fourth-order valence-electron chi connectivity index (χ4n) is 2.67. The molecule has 3 rings (SSSR count). The number of anilines is 3. The number of aromatic nitrogens is 3. The minimum atomic E-state index is -2.54. The lowest BCUT2D eigenvalue weighted by Gasteiger charge is -2.14. The third kappa shape index (κ3) is 4.83. The molecule has 2 heterocycles. The Hall–Kier alpha value is -2.72. The maximum absolute atomic E-state index is 12.6. The van der Waals surface area contributed by atoms with Crippen molar-refractivity contribution in [3.63, 3.8) is 0 Å². The predicted octanol–water partition coefficient (Wildman–Crippen LogP) is 4.88. The van der Waals surface area contributed by atoms with Crippen LogP contribution in [0.1, 0.15) is 20.8 Å². The van der Waals surface area contributed by atoms with Crippen molar-refractivity contribution in [1.29, 1.82) is 0 Å². The molecule has 0 fully saturated rings. The van der Waals surface area contributed by atoms with Gasteiger partial charge in [-0.2, -0.15) is 5.10 Å². The Morgan fingerprint density at radius 2 is 2.14 bits per heavy atom. The van der Waals surface area contributed by atoms with Crippen molar-refractivity contribution in [2.75, 3.05) is 17.7 Å². The van der Waals surface area contributed by atoms with Gasteiger partial charge in [0.1, 0.15) is 22.2 Å². The number of carbonyl (C=O) groups is 1. The summed E-state index contributed by atoms with van der Waals surface area (Å²) in [4.78, 5) is 17.1. The third-order valence-corrected chi connectivity index (χ3v) is 5.27. The summed E-state index contributed by atoms with van der Waals surface area (Å²) < 4.78 is 31.3. The summed E-state index contributed by atoms with van der Waals surface area (Å²) in [5.41, 5.74) is 2.39. The number of alkyl halides is 2. The monoisotopic (exact) mass is 441 g/mol. The first-order valence-corrected chi connectivity index (χ1v) is 9.67. The number of amides is 1. The normalized spacial score (nSPS) is 11.0. The van der Waals surface area contributed by atoms with Crippen LogP contribution < -0.4 is 15.4 Å². The molecule has 3 aromatic rings. The zero-order valence-electron chi connectivity index (χ0n) is 15.8. The second-order valence-electron chi connectivity index (χ2n) is 6.13. The number of rotatable bonds is 7. The molecule has 154 valence electrons. The van der Waals surface area contributed by atoms with Crippen molar-refractivity contribution >= 4 is 45.5 Å². The highest BCUT2D eigenvalue weighted by Gasteiger charge is 2.17. The van der Waals surface area contributed by atoms with Gasteiger partial charge in [0.05, 0.1) is 19.0 Å². The summed E-state index contributed by atoms with van der Waals surface area (Å²) in [6, 6.07) is 3.70. The molecule has 0 bridgehead atoms. The van der Waals surface area contributed by atoms with E-state index in [0.29, 0.717) is 21.4 Å². The Balaban J connectivity index is 1.74. The summed E-state index contributed by atoms with van der Waals surface area (Å²) in [5, 5.41) is 10.2. The van der Waals surface area contributed by atoms with Gasteiger partial charge in [0.2, 0.25) is 0 Å². The van der Waals surface area contributed by atoms with Gasteiger partial charge in [0.25, 0.3) is 12.3 Å². The summed E-state index contributed by atoms with van der Waals surface area (Å²) >= 11 is 7.10. The highest BCUT2D eigenvalue weighted by atomic mass is 35.5. The molecule has 0 saturated heterocycles. The molecule has 0 radical (unpaired) electrons. The molecule has 0 saturated carbocycles. The molecular weight excluding hydrogens is 424 g/mol. The highest BCUT2D eigenvalue weighted by Crippen LogP contribution is 2.31. The van der Waals surface area contributed by atoms with Crippen LogP contribution in [0.25, 0.3) is 0 Å². The van der Waals surface area contributed by atoms with Crippen LogP contribution in [0.15, 0.2) is 24.5 Å². The fraction of sp³-hybridized carbons (Fsp3) is 0.278. The number of thiazole rings is 1. The van der Waals surface area contributed by atoms with Gasteiger partial charge in [-0.05, 0) is 25.5 Å². The lowest BCUT2D eigenvalue weighted by atomic mass is 10.1. The number of hydrogen-bond donors (Lipinski definition) is 2. The van der Waals surface area contributed by atoms with Crippen LogP contribution in [0.2, 0.25) is 5.02 Å². The van der Waals surface area contributed by atoms with E-state index in [1.54, 1.807) is 7.11 Å². The molecule has 7 nitrogen and oxygen atoms in total. The quantitative estimate of drug-likeness (QED) is 0.546. The Labute approximate surface area is 174 Å². The van der Waals surface area contributed by atoms with Crippen LogP contribution >= 0.6 is 22.9 Å². The molecule has 2 N–H and O–H groups in total. The van der Waals surface area contributed by atoms with Gasteiger partial charge in [-0.1, -0.05) is 29.0 Å². The average molecular weight is 442 g/mol. The van der Waals surface area contributed by atoms with Crippen LogP contribution in [-0.2, 0) is 6.54 Å². The number of aryl methyl sites for hydroxylation is 1. The van der Waals surface area contributed by atoms with Gasteiger partial charge in [-0.15, -0.1) is 0 Å². The van der Waals surface area contributed by atoms with Gasteiger partial charge >= 0.3 is 0 Å². The maximum Gasteiger partial charge on any atom is 0.267 e. The summed E-state index contributed by atoms with van der Waals surface area (Å²) in [6.45, 7) is 3.18. The first-order chi connectivity index (χ1) is 13.8. The van der Waals surface area contributed by atoms with E-state index in [9.17, 15) is 13.6 Å². The minimum Gasteiger partial charge on any atom is -0.496 e. The number of ether oxygens (including phenoxy) is 1. The molecule has 0 spiro atoms. The summed E-state index contributed by atoms with van der Waals surface area (Å²) in [6.07, 6.45) is 0.167. The van der Waals surface area contributed by atoms with Crippen molar-refractivity contribution in [3.05, 3.63) is 45.6 Å². The predicted molar refractivity (Wildman–Crippen MR) is 109 cm³/mol. The van der Waals surface area contributed by atoms with E-state index in [0.717, 1.165) is 27.1 Å². The number of nitrogens with zero attached hydrogens (tertiary/aromatic N) is 3. The van der Waals surface area contributed by atoms with E-state index in [4.69, 9.17) is 16.3 Å². The highest BCUT2D eigenvalue weighted by molar-refractivity contribution is 7.17. The molecule has 0 aliphatic heterocycles. The molecule has 2 aromatic heterocycles. The first-order valence-electron chi connectivity index (χ1n) is 8.48. The van der Waals surface area contributed by atoms with Crippen molar-refractivity contribution in [1.82, 2.24) is 14.8 Å². The Morgan fingerprint density at radius 1 is 1.38 bits per heavy atom. The van der Waals surface area contributed by atoms with Gasteiger partial charge in [0.15, 0.2) is 10.9 Å².